The minimum Gasteiger partial charge on any atom is -0.369 e. The molecule has 0 aliphatic carbocycles. The van der Waals surface area contributed by atoms with Gasteiger partial charge in [-0.1, -0.05) is 18.2 Å². The SMILES string of the molecule is C1CCNC1.NSc1ccc(-c2cccc3[nH]c(N)nc23)c(-c2nn[nH]n2)c1S(N)(=O)=O. The second-order valence-electron chi connectivity index (χ2n) is 6.99. The zero-order valence-electron chi connectivity index (χ0n) is 16.9. The van der Waals surface area contributed by atoms with Crippen molar-refractivity contribution in [3.8, 4) is 22.5 Å². The van der Waals surface area contributed by atoms with Crippen LogP contribution in [0.15, 0.2) is 40.1 Å². The number of hydrogen-bond donors (Lipinski definition) is 6. The molecule has 32 heavy (non-hydrogen) atoms. The average Bonchev–Trinajstić information content (AvgIpc) is 3.54. The summed E-state index contributed by atoms with van der Waals surface area (Å²) >= 11 is 0.758. The van der Waals surface area contributed by atoms with Crippen molar-refractivity contribution in [3.63, 3.8) is 0 Å². The molecule has 1 saturated heterocycles. The zero-order valence-corrected chi connectivity index (χ0v) is 18.5. The number of imidazole rings is 1. The van der Waals surface area contributed by atoms with Gasteiger partial charge in [0.05, 0.1) is 16.6 Å². The monoisotopic (exact) mass is 474 g/mol. The van der Waals surface area contributed by atoms with Gasteiger partial charge >= 0.3 is 0 Å². The molecule has 0 unspecified atom stereocenters. The summed E-state index contributed by atoms with van der Waals surface area (Å²) in [5.41, 5.74) is 8.33. The molecule has 168 valence electrons. The molecule has 1 fully saturated rings. The summed E-state index contributed by atoms with van der Waals surface area (Å²) in [7, 11) is -4.16. The average molecular weight is 475 g/mol. The van der Waals surface area contributed by atoms with Crippen LogP contribution < -0.4 is 21.3 Å². The Morgan fingerprint density at radius 3 is 2.44 bits per heavy atom. The van der Waals surface area contributed by atoms with Crippen LogP contribution in [0.1, 0.15) is 12.8 Å². The maximum atomic E-state index is 12.4. The topological polar surface area (TPSA) is 207 Å². The smallest absolute Gasteiger partial charge is 0.239 e. The van der Waals surface area contributed by atoms with Crippen molar-refractivity contribution in [1.29, 1.82) is 0 Å². The number of nitrogens with zero attached hydrogens (tertiary/aromatic N) is 4. The number of benzene rings is 2. The fourth-order valence-corrected chi connectivity index (χ4v) is 5.23. The first-order valence-corrected chi connectivity index (χ1v) is 12.1. The third-order valence-electron chi connectivity index (χ3n) is 4.88. The van der Waals surface area contributed by atoms with Gasteiger partial charge in [0.15, 0.2) is 5.95 Å². The van der Waals surface area contributed by atoms with Crippen LogP contribution in [-0.2, 0) is 10.0 Å². The second kappa shape index (κ2) is 9.22. The molecule has 0 bridgehead atoms. The predicted molar refractivity (Wildman–Crippen MR) is 123 cm³/mol. The normalized spacial score (nSPS) is 13.8. The van der Waals surface area contributed by atoms with E-state index < -0.39 is 10.0 Å². The van der Waals surface area contributed by atoms with E-state index in [1.54, 1.807) is 30.3 Å². The van der Waals surface area contributed by atoms with Crippen LogP contribution >= 0.6 is 11.9 Å². The molecule has 0 amide bonds. The molecule has 9 N–H and O–H groups in total. The number of fused-ring (bicyclic) bond motifs is 1. The molecule has 1 aliphatic heterocycles. The zero-order chi connectivity index (χ0) is 22.7. The van der Waals surface area contributed by atoms with Gasteiger partial charge in [0, 0.05) is 10.5 Å². The van der Waals surface area contributed by atoms with Gasteiger partial charge in [-0.05, 0) is 60.8 Å². The lowest BCUT2D eigenvalue weighted by Gasteiger charge is -2.14. The molecule has 0 spiro atoms. The first-order chi connectivity index (χ1) is 15.4. The number of para-hydroxylation sites is 1. The van der Waals surface area contributed by atoms with E-state index in [4.69, 9.17) is 16.0 Å². The fraction of sp³-hybridized carbons (Fsp3) is 0.222. The first kappa shape index (κ1) is 22.2. The molecule has 5 rings (SSSR count). The van der Waals surface area contributed by atoms with E-state index in [1.165, 1.54) is 25.9 Å². The van der Waals surface area contributed by atoms with Crippen molar-refractivity contribution in [2.75, 3.05) is 18.8 Å². The van der Waals surface area contributed by atoms with E-state index in [0.29, 0.717) is 22.2 Å². The van der Waals surface area contributed by atoms with E-state index in [9.17, 15) is 8.42 Å². The van der Waals surface area contributed by atoms with Gasteiger partial charge < -0.3 is 16.0 Å². The third-order valence-corrected chi connectivity index (χ3v) is 6.60. The highest BCUT2D eigenvalue weighted by Gasteiger charge is 2.27. The number of primary sulfonamides is 1. The summed E-state index contributed by atoms with van der Waals surface area (Å²) in [6, 6.07) is 8.65. The predicted octanol–water partition coefficient (Wildman–Crippen LogP) is 0.975. The summed E-state index contributed by atoms with van der Waals surface area (Å²) in [4.78, 5) is 7.31. The number of nitrogens with two attached hydrogens (primary N) is 3. The van der Waals surface area contributed by atoms with Gasteiger partial charge in [-0.2, -0.15) is 5.21 Å². The Hall–Kier alpha value is -3.04. The Bertz CT molecular complexity index is 1320. The van der Waals surface area contributed by atoms with Crippen LogP contribution in [-0.4, -0.2) is 52.1 Å². The van der Waals surface area contributed by atoms with Crippen LogP contribution in [0, 0.1) is 0 Å². The van der Waals surface area contributed by atoms with E-state index in [1.807, 2.05) is 0 Å². The van der Waals surface area contributed by atoms with Crippen molar-refractivity contribution < 1.29 is 8.42 Å². The number of hydrogen-bond acceptors (Lipinski definition) is 10. The molecule has 0 saturated carbocycles. The highest BCUT2D eigenvalue weighted by atomic mass is 32.2. The Kier molecular flexibility index (Phi) is 6.38. The summed E-state index contributed by atoms with van der Waals surface area (Å²) in [6.07, 6.45) is 2.78. The summed E-state index contributed by atoms with van der Waals surface area (Å²) < 4.78 is 24.7. The number of tetrazole rings is 1. The van der Waals surface area contributed by atoms with Crippen LogP contribution in [0.25, 0.3) is 33.5 Å². The highest BCUT2D eigenvalue weighted by molar-refractivity contribution is 7.98. The molecule has 2 aromatic heterocycles. The number of H-pyrrole nitrogens is 2. The fourth-order valence-electron chi connectivity index (χ4n) is 3.55. The number of nitrogen functional groups attached to an aromatic ring is 1. The van der Waals surface area contributed by atoms with Gasteiger partial charge in [-0.3, -0.25) is 5.14 Å². The van der Waals surface area contributed by atoms with Gasteiger partial charge in [0.25, 0.3) is 0 Å². The number of aromatic nitrogens is 6. The van der Waals surface area contributed by atoms with E-state index in [0.717, 1.165) is 11.9 Å². The molecular weight excluding hydrogens is 452 g/mol. The highest BCUT2D eigenvalue weighted by Crippen LogP contribution is 2.41. The minimum atomic E-state index is -4.16. The van der Waals surface area contributed by atoms with E-state index >= 15 is 0 Å². The number of sulfonamides is 1. The molecule has 0 atom stereocenters. The van der Waals surface area contributed by atoms with Crippen molar-refractivity contribution in [2.45, 2.75) is 22.6 Å². The molecule has 0 radical (unpaired) electrons. The molecule has 3 heterocycles. The van der Waals surface area contributed by atoms with Crippen LogP contribution in [0.4, 0.5) is 5.95 Å². The molecule has 1 aliphatic rings. The first-order valence-electron chi connectivity index (χ1n) is 9.66. The van der Waals surface area contributed by atoms with Gasteiger partial charge in [-0.25, -0.2) is 18.5 Å². The van der Waals surface area contributed by atoms with E-state index in [2.05, 4.69) is 35.9 Å². The Labute approximate surface area is 187 Å². The number of aromatic amines is 2. The molecule has 2 aromatic carbocycles. The summed E-state index contributed by atoms with van der Waals surface area (Å²) in [5.74, 6) is 0.296. The van der Waals surface area contributed by atoms with Crippen LogP contribution in [0.3, 0.4) is 0 Å². The largest absolute Gasteiger partial charge is 0.369 e. The van der Waals surface area contributed by atoms with Gasteiger partial charge in [0.1, 0.15) is 4.90 Å². The third kappa shape index (κ3) is 4.44. The summed E-state index contributed by atoms with van der Waals surface area (Å²) in [6.45, 7) is 2.50. The molecule has 14 heteroatoms. The Morgan fingerprint density at radius 1 is 1.06 bits per heavy atom. The number of anilines is 1. The van der Waals surface area contributed by atoms with Crippen LogP contribution in [0.5, 0.6) is 0 Å². The quantitative estimate of drug-likeness (QED) is 0.231. The van der Waals surface area contributed by atoms with Gasteiger partial charge in [0.2, 0.25) is 15.8 Å². The van der Waals surface area contributed by atoms with Crippen molar-refractivity contribution in [1.82, 2.24) is 35.9 Å². The van der Waals surface area contributed by atoms with E-state index in [-0.39, 0.29) is 27.1 Å². The van der Waals surface area contributed by atoms with Crippen molar-refractivity contribution >= 4 is 39.0 Å². The number of rotatable bonds is 4. The molecule has 4 aromatic rings. The lowest BCUT2D eigenvalue weighted by molar-refractivity contribution is 0.596. The molecule has 12 nitrogen and oxygen atoms in total. The van der Waals surface area contributed by atoms with Crippen LogP contribution in [0.2, 0.25) is 0 Å². The maximum absolute atomic E-state index is 12.4. The van der Waals surface area contributed by atoms with Crippen molar-refractivity contribution in [2.24, 2.45) is 10.3 Å². The lowest BCUT2D eigenvalue weighted by atomic mass is 9.98. The second-order valence-corrected chi connectivity index (χ2v) is 9.17. The van der Waals surface area contributed by atoms with Gasteiger partial charge in [-0.15, -0.1) is 10.2 Å². The standard InChI is InChI=1S/C14H13N9O2S2.C4H9N/c15-14-18-8-3-1-2-7(11(8)19-14)6-4-5-9(26-16)12(27(17,24)25)10(6)13-20-22-23-21-13;1-2-4-5-3-1/h1-5H,16H2,(H3,15,18,19)(H2,17,24,25)(H,20,21,22,23);5H,1-4H2. The number of nitrogens with one attached hydrogen (secondary N) is 3. The maximum Gasteiger partial charge on any atom is 0.239 e. The molecular formula is C18H22N10O2S2. The minimum absolute atomic E-state index is 0.0606. The Morgan fingerprint density at radius 2 is 1.84 bits per heavy atom. The Balaban J connectivity index is 0.000000433. The lowest BCUT2D eigenvalue weighted by Crippen LogP contribution is -2.16. The van der Waals surface area contributed by atoms with Crippen molar-refractivity contribution in [3.05, 3.63) is 30.3 Å². The summed E-state index contributed by atoms with van der Waals surface area (Å²) in [5, 5.41) is 28.1.